The van der Waals surface area contributed by atoms with Crippen molar-refractivity contribution in [2.24, 2.45) is 0 Å². The second kappa shape index (κ2) is 15.3. The van der Waals surface area contributed by atoms with Crippen LogP contribution in [0.15, 0.2) is 60.9 Å². The average molecular weight is 683 g/mol. The summed E-state index contributed by atoms with van der Waals surface area (Å²) in [7, 11) is 1.27. The number of H-pyrrole nitrogens is 2. The summed E-state index contributed by atoms with van der Waals surface area (Å²) >= 11 is 0. The zero-order valence-corrected chi connectivity index (χ0v) is 29.0. The van der Waals surface area contributed by atoms with Gasteiger partial charge in [0.25, 0.3) is 0 Å². The zero-order valence-electron chi connectivity index (χ0n) is 31.0. The molecule has 2 aromatic carbocycles. The fourth-order valence-corrected chi connectivity index (χ4v) is 7.06. The lowest BCUT2D eigenvalue weighted by molar-refractivity contribution is -0.137. The monoisotopic (exact) mass is 682 g/mol. The lowest BCUT2D eigenvalue weighted by Crippen LogP contribution is -2.46. The third-order valence-electron chi connectivity index (χ3n) is 9.99. The minimum absolute atomic E-state index is 0.0270. The maximum atomic E-state index is 13.5. The number of benzene rings is 2. The van der Waals surface area contributed by atoms with Crippen molar-refractivity contribution in [3.05, 3.63) is 72.6 Å². The van der Waals surface area contributed by atoms with Crippen molar-refractivity contribution < 1.29 is 21.9 Å². The van der Waals surface area contributed by atoms with E-state index >= 15 is 0 Å². The van der Waals surface area contributed by atoms with E-state index in [2.05, 4.69) is 73.5 Å². The number of imidazole rings is 2. The zero-order chi connectivity index (χ0) is 36.8. The summed E-state index contributed by atoms with van der Waals surface area (Å²) in [6.45, 7) is 6.16. The molecule has 4 atom stereocenters. The number of carbonyl (C=O) groups is 3. The number of hydrogen-bond donors (Lipinski definition) is 3. The smallest absolute Gasteiger partial charge is 0.407 e. The number of nitrogens with zero attached hydrogens (tertiary/aromatic N) is 5. The van der Waals surface area contributed by atoms with Gasteiger partial charge in [-0.3, -0.25) is 14.5 Å². The first-order valence-corrected chi connectivity index (χ1v) is 17.3. The molecule has 0 radical (unpaired) electrons. The Morgan fingerprint density at radius 1 is 0.820 bits per heavy atom. The van der Waals surface area contributed by atoms with Crippen LogP contribution in [0.3, 0.4) is 0 Å². The molecule has 2 saturated heterocycles. The van der Waals surface area contributed by atoms with Crippen molar-refractivity contribution in [3.8, 4) is 33.6 Å². The topological polar surface area (TPSA) is 140 Å². The molecule has 2 fully saturated rings. The SMILES string of the molecule is [2H]CCN(CC[2H])[C@@H](C)C(=O)N1CCC[C@H]1c1ncc(-c2ccc(-c3ccc(-c4cnc([C@@H]5CCCN5C(=O)[C@H](C)NC(=O)OC)[nH]4)cc3)cc2)[nH]1. The predicted octanol–water partition coefficient (Wildman–Crippen LogP) is 5.94. The van der Waals surface area contributed by atoms with Crippen LogP contribution in [0.25, 0.3) is 33.6 Å². The van der Waals surface area contributed by atoms with E-state index in [1.54, 1.807) is 18.0 Å². The molecule has 6 rings (SSSR count). The molecular formula is C38H48N8O4. The van der Waals surface area contributed by atoms with Crippen molar-refractivity contribution in [2.45, 2.75) is 77.5 Å². The van der Waals surface area contributed by atoms with Crippen LogP contribution < -0.4 is 5.32 Å². The summed E-state index contributed by atoms with van der Waals surface area (Å²) < 4.78 is 19.9. The molecule has 0 saturated carbocycles. The van der Waals surface area contributed by atoms with Crippen molar-refractivity contribution in [1.82, 2.24) is 40.0 Å². The number of ether oxygens (including phenoxy) is 1. The number of amides is 3. The van der Waals surface area contributed by atoms with Gasteiger partial charge in [-0.05, 0) is 74.9 Å². The summed E-state index contributed by atoms with van der Waals surface area (Å²) in [6.07, 6.45) is 6.37. The number of likely N-dealkylation sites (N-methyl/N-ethyl adjacent to an activating group) is 1. The van der Waals surface area contributed by atoms with Gasteiger partial charge in [-0.15, -0.1) is 0 Å². The number of likely N-dealkylation sites (tertiary alicyclic amines) is 2. The first kappa shape index (κ1) is 32.2. The van der Waals surface area contributed by atoms with Gasteiger partial charge in [0.15, 0.2) is 0 Å². The Balaban J connectivity index is 1.09. The van der Waals surface area contributed by atoms with E-state index in [-0.39, 0.29) is 43.7 Å². The normalized spacial score (nSPS) is 19.3. The molecule has 4 aromatic rings. The molecule has 264 valence electrons. The molecule has 12 nitrogen and oxygen atoms in total. The molecule has 2 aliphatic heterocycles. The van der Waals surface area contributed by atoms with Gasteiger partial charge in [0.2, 0.25) is 11.8 Å². The van der Waals surface area contributed by atoms with Crippen LogP contribution in [0.2, 0.25) is 0 Å². The molecule has 50 heavy (non-hydrogen) atoms. The summed E-state index contributed by atoms with van der Waals surface area (Å²) in [4.78, 5) is 60.0. The molecule has 2 aromatic heterocycles. The van der Waals surface area contributed by atoms with Crippen LogP contribution >= 0.6 is 0 Å². The quantitative estimate of drug-likeness (QED) is 0.178. The molecule has 3 amide bonds. The van der Waals surface area contributed by atoms with Gasteiger partial charge < -0.3 is 29.8 Å². The Kier molecular flexibility index (Phi) is 9.86. The molecule has 12 heteroatoms. The Bertz CT molecular complexity index is 1820. The van der Waals surface area contributed by atoms with Gasteiger partial charge in [-0.2, -0.15) is 0 Å². The number of aromatic amines is 2. The third-order valence-corrected chi connectivity index (χ3v) is 9.99. The van der Waals surface area contributed by atoms with Crippen LogP contribution in [-0.2, 0) is 14.3 Å². The highest BCUT2D eigenvalue weighted by Gasteiger charge is 2.36. The van der Waals surface area contributed by atoms with Crippen LogP contribution in [0, 0.1) is 0 Å². The fourth-order valence-electron chi connectivity index (χ4n) is 7.06. The molecule has 0 bridgehead atoms. The first-order valence-electron chi connectivity index (χ1n) is 18.7. The van der Waals surface area contributed by atoms with Crippen LogP contribution in [0.1, 0.15) is 79.8 Å². The second-order valence-corrected chi connectivity index (χ2v) is 13.0. The van der Waals surface area contributed by atoms with Crippen molar-refractivity contribution in [3.63, 3.8) is 0 Å². The maximum absolute atomic E-state index is 13.5. The molecule has 3 N–H and O–H groups in total. The largest absolute Gasteiger partial charge is 0.453 e. The number of alkyl carbamates (subject to hydrolysis) is 1. The molecular weight excluding hydrogens is 632 g/mol. The van der Waals surface area contributed by atoms with Crippen LogP contribution in [-0.4, -0.2) is 97.9 Å². The lowest BCUT2D eigenvalue weighted by atomic mass is 10.0. The Morgan fingerprint density at radius 2 is 1.28 bits per heavy atom. The van der Waals surface area contributed by atoms with Gasteiger partial charge >= 0.3 is 6.09 Å². The van der Waals surface area contributed by atoms with Gasteiger partial charge in [0, 0.05) is 15.8 Å². The highest BCUT2D eigenvalue weighted by atomic mass is 16.5. The average Bonchev–Trinajstić information content (AvgIpc) is 4.00. The van der Waals surface area contributed by atoms with E-state index in [1.807, 2.05) is 22.9 Å². The molecule has 0 unspecified atom stereocenters. The van der Waals surface area contributed by atoms with E-state index in [1.165, 1.54) is 7.11 Å². The van der Waals surface area contributed by atoms with E-state index in [4.69, 9.17) is 7.73 Å². The number of hydrogen-bond acceptors (Lipinski definition) is 7. The van der Waals surface area contributed by atoms with E-state index in [9.17, 15) is 14.4 Å². The maximum Gasteiger partial charge on any atom is 0.407 e. The number of methoxy groups -OCH3 is 1. The fraction of sp³-hybridized carbons (Fsp3) is 0.447. The summed E-state index contributed by atoms with van der Waals surface area (Å²) in [5.41, 5.74) is 5.87. The third kappa shape index (κ3) is 7.16. The summed E-state index contributed by atoms with van der Waals surface area (Å²) in [6, 6.07) is 15.2. The summed E-state index contributed by atoms with van der Waals surface area (Å²) in [5, 5.41) is 2.56. The predicted molar refractivity (Wildman–Crippen MR) is 192 cm³/mol. The molecule has 2 aliphatic rings. The number of nitrogens with one attached hydrogen (secondary N) is 3. The second-order valence-electron chi connectivity index (χ2n) is 13.0. The molecule has 4 heterocycles. The standard InChI is InChI=1S/C38H48N8O4/c1-6-44(7-2)25(4)37(48)46-21-9-11-33(46)35-40-23-31(43-35)29-18-14-27(15-19-29)26-12-16-28(17-13-26)30-22-39-34(42-30)32-10-8-20-45(32)36(47)24(3)41-38(49)50-5/h12-19,22-25,32-33H,6-11,20-21H2,1-5H3,(H,39,42)(H,40,43)(H,41,49)/t24-,25-,32-,33-/m0/s1/i1D,2D. The van der Waals surface area contributed by atoms with Gasteiger partial charge in [-0.25, -0.2) is 14.8 Å². The highest BCUT2D eigenvalue weighted by Crippen LogP contribution is 2.34. The Labute approximate surface area is 296 Å². The van der Waals surface area contributed by atoms with Crippen molar-refractivity contribution in [2.75, 3.05) is 33.3 Å². The van der Waals surface area contributed by atoms with E-state index in [0.29, 0.717) is 26.2 Å². The van der Waals surface area contributed by atoms with Crippen LogP contribution in [0.4, 0.5) is 4.79 Å². The molecule has 0 aliphatic carbocycles. The van der Waals surface area contributed by atoms with Crippen molar-refractivity contribution in [1.29, 1.82) is 0 Å². The van der Waals surface area contributed by atoms with Crippen molar-refractivity contribution >= 4 is 17.9 Å². The van der Waals surface area contributed by atoms with E-state index < -0.39 is 12.1 Å². The van der Waals surface area contributed by atoms with E-state index in [0.717, 1.165) is 71.0 Å². The number of aromatic nitrogens is 4. The van der Waals surface area contributed by atoms with Crippen LogP contribution in [0.5, 0.6) is 0 Å². The Hall–Kier alpha value is -4.97. The summed E-state index contributed by atoms with van der Waals surface area (Å²) in [5.74, 6) is 1.36. The minimum Gasteiger partial charge on any atom is -0.453 e. The van der Waals surface area contributed by atoms with Gasteiger partial charge in [-0.1, -0.05) is 62.3 Å². The first-order chi connectivity index (χ1) is 25.2. The molecule has 0 spiro atoms. The lowest BCUT2D eigenvalue weighted by Gasteiger charge is -2.31. The minimum atomic E-state index is -0.701. The number of carbonyl (C=O) groups excluding carboxylic acids is 3. The van der Waals surface area contributed by atoms with Gasteiger partial charge in [0.1, 0.15) is 17.7 Å². The Morgan fingerprint density at radius 3 is 1.74 bits per heavy atom. The highest BCUT2D eigenvalue weighted by molar-refractivity contribution is 5.86. The number of rotatable bonds is 11. The van der Waals surface area contributed by atoms with Gasteiger partial charge in [0.05, 0.1) is 49.0 Å².